The van der Waals surface area contributed by atoms with Crippen LogP contribution in [0.25, 0.3) is 0 Å². The predicted octanol–water partition coefficient (Wildman–Crippen LogP) is 3.30. The van der Waals surface area contributed by atoms with Gasteiger partial charge in [0.15, 0.2) is 5.78 Å². The van der Waals surface area contributed by atoms with Gasteiger partial charge in [0.2, 0.25) is 0 Å². The average Bonchev–Trinajstić information content (AvgIpc) is 2.38. The van der Waals surface area contributed by atoms with Gasteiger partial charge in [-0.1, -0.05) is 19.8 Å². The molecule has 2 unspecified atom stereocenters. The van der Waals surface area contributed by atoms with Crippen LogP contribution in [0.4, 0.5) is 5.82 Å². The van der Waals surface area contributed by atoms with E-state index in [2.05, 4.69) is 23.9 Å². The lowest BCUT2D eigenvalue weighted by atomic mass is 9.86. The number of anilines is 1. The van der Waals surface area contributed by atoms with E-state index in [1.807, 2.05) is 12.1 Å². The Kier molecular flexibility index (Phi) is 4.00. The Hall–Kier alpha value is -1.38. The summed E-state index contributed by atoms with van der Waals surface area (Å²) in [6.45, 7) is 3.90. The van der Waals surface area contributed by atoms with Gasteiger partial charge in [0.05, 0.1) is 0 Å². The van der Waals surface area contributed by atoms with Gasteiger partial charge in [-0.25, -0.2) is 4.98 Å². The molecule has 1 saturated carbocycles. The second-order valence-electron chi connectivity index (χ2n) is 5.50. The molecular weight excluding hydrogens is 224 g/mol. The fourth-order valence-electron chi connectivity index (χ4n) is 2.74. The van der Waals surface area contributed by atoms with E-state index >= 15 is 0 Å². The van der Waals surface area contributed by atoms with Crippen molar-refractivity contribution in [3.8, 4) is 0 Å². The van der Waals surface area contributed by atoms with Crippen molar-refractivity contribution < 1.29 is 4.79 Å². The average molecular weight is 246 g/mol. The molecule has 98 valence electrons. The molecule has 0 radical (unpaired) electrons. The Balaban J connectivity index is 2.08. The topological polar surface area (TPSA) is 33.2 Å². The molecule has 3 heteroatoms. The number of nitrogens with zero attached hydrogens (tertiary/aromatic N) is 2. The zero-order chi connectivity index (χ0) is 13.1. The van der Waals surface area contributed by atoms with Gasteiger partial charge in [-0.05, 0) is 37.8 Å². The molecule has 0 spiro atoms. The largest absolute Gasteiger partial charge is 0.357 e. The molecule has 0 amide bonds. The van der Waals surface area contributed by atoms with Gasteiger partial charge in [0.1, 0.15) is 5.82 Å². The van der Waals surface area contributed by atoms with E-state index in [9.17, 15) is 4.79 Å². The van der Waals surface area contributed by atoms with Crippen molar-refractivity contribution in [3.05, 3.63) is 23.9 Å². The smallest absolute Gasteiger partial charge is 0.161 e. The number of aromatic nitrogens is 1. The van der Waals surface area contributed by atoms with Crippen LogP contribution >= 0.6 is 0 Å². The number of rotatable bonds is 3. The van der Waals surface area contributed by atoms with E-state index in [-0.39, 0.29) is 5.78 Å². The molecule has 1 aromatic rings. The molecular formula is C15H22N2O. The van der Waals surface area contributed by atoms with Crippen molar-refractivity contribution in [2.24, 2.45) is 5.92 Å². The summed E-state index contributed by atoms with van der Waals surface area (Å²) in [6, 6.07) is 4.41. The first-order chi connectivity index (χ1) is 8.58. The van der Waals surface area contributed by atoms with E-state index in [1.165, 1.54) is 25.7 Å². The normalized spacial score (nSPS) is 23.7. The Morgan fingerprint density at radius 3 is 2.72 bits per heavy atom. The summed E-state index contributed by atoms with van der Waals surface area (Å²) in [6.07, 6.45) is 6.83. The van der Waals surface area contributed by atoms with E-state index in [4.69, 9.17) is 0 Å². The maximum absolute atomic E-state index is 11.2. The van der Waals surface area contributed by atoms with Crippen LogP contribution in [0.2, 0.25) is 0 Å². The highest BCUT2D eigenvalue weighted by molar-refractivity contribution is 5.93. The second-order valence-corrected chi connectivity index (χ2v) is 5.50. The van der Waals surface area contributed by atoms with Crippen molar-refractivity contribution in [2.45, 2.75) is 45.6 Å². The minimum Gasteiger partial charge on any atom is -0.357 e. The Morgan fingerprint density at radius 2 is 2.17 bits per heavy atom. The lowest BCUT2D eigenvalue weighted by molar-refractivity contribution is 0.101. The summed E-state index contributed by atoms with van der Waals surface area (Å²) >= 11 is 0. The van der Waals surface area contributed by atoms with Gasteiger partial charge in [-0.2, -0.15) is 0 Å². The first-order valence-electron chi connectivity index (χ1n) is 6.77. The maximum Gasteiger partial charge on any atom is 0.161 e. The lowest BCUT2D eigenvalue weighted by Gasteiger charge is -2.34. The summed E-state index contributed by atoms with van der Waals surface area (Å²) in [5, 5.41) is 0. The maximum atomic E-state index is 11.2. The van der Waals surface area contributed by atoms with Gasteiger partial charge in [-0.15, -0.1) is 0 Å². The third-order valence-corrected chi connectivity index (χ3v) is 3.97. The molecule has 1 aliphatic carbocycles. The van der Waals surface area contributed by atoms with Crippen molar-refractivity contribution in [1.82, 2.24) is 4.98 Å². The molecule has 2 rings (SSSR count). The Bertz CT molecular complexity index is 413. The third-order valence-electron chi connectivity index (χ3n) is 3.97. The van der Waals surface area contributed by atoms with E-state index in [1.54, 1.807) is 13.1 Å². The minimum atomic E-state index is 0.0722. The highest BCUT2D eigenvalue weighted by Crippen LogP contribution is 2.28. The molecule has 3 nitrogen and oxygen atoms in total. The van der Waals surface area contributed by atoms with E-state index in [0.29, 0.717) is 11.6 Å². The summed E-state index contributed by atoms with van der Waals surface area (Å²) in [7, 11) is 2.11. The molecule has 1 aromatic heterocycles. The molecule has 1 heterocycles. The van der Waals surface area contributed by atoms with Crippen LogP contribution in [0, 0.1) is 5.92 Å². The molecule has 0 bridgehead atoms. The van der Waals surface area contributed by atoms with Crippen LogP contribution in [0.15, 0.2) is 18.3 Å². The van der Waals surface area contributed by atoms with Crippen LogP contribution in [-0.4, -0.2) is 23.9 Å². The van der Waals surface area contributed by atoms with Crippen LogP contribution in [-0.2, 0) is 0 Å². The number of carbonyl (C=O) groups is 1. The SMILES string of the molecule is CC(=O)c1ccc(N(C)C2CCCC(C)C2)nc1. The van der Waals surface area contributed by atoms with Gasteiger partial charge in [0, 0.05) is 24.8 Å². The van der Waals surface area contributed by atoms with Gasteiger partial charge >= 0.3 is 0 Å². The lowest BCUT2D eigenvalue weighted by Crippen LogP contribution is -2.36. The Morgan fingerprint density at radius 1 is 1.39 bits per heavy atom. The highest BCUT2D eigenvalue weighted by Gasteiger charge is 2.23. The zero-order valence-corrected chi connectivity index (χ0v) is 11.5. The predicted molar refractivity (Wildman–Crippen MR) is 74.1 cm³/mol. The fraction of sp³-hybridized carbons (Fsp3) is 0.600. The first-order valence-corrected chi connectivity index (χ1v) is 6.77. The van der Waals surface area contributed by atoms with Crippen LogP contribution in [0.1, 0.15) is 49.9 Å². The van der Waals surface area contributed by atoms with Gasteiger partial charge < -0.3 is 4.90 Å². The van der Waals surface area contributed by atoms with E-state index < -0.39 is 0 Å². The second kappa shape index (κ2) is 5.51. The number of hydrogen-bond donors (Lipinski definition) is 0. The minimum absolute atomic E-state index is 0.0722. The van der Waals surface area contributed by atoms with Crippen molar-refractivity contribution in [2.75, 3.05) is 11.9 Å². The summed E-state index contributed by atoms with van der Waals surface area (Å²) in [5.74, 6) is 1.85. The summed E-state index contributed by atoms with van der Waals surface area (Å²) in [5.41, 5.74) is 0.684. The number of carbonyl (C=O) groups excluding carboxylic acids is 1. The number of ketones is 1. The van der Waals surface area contributed by atoms with E-state index in [0.717, 1.165) is 11.7 Å². The Labute approximate surface area is 109 Å². The zero-order valence-electron chi connectivity index (χ0n) is 11.5. The fourth-order valence-corrected chi connectivity index (χ4v) is 2.74. The number of hydrogen-bond acceptors (Lipinski definition) is 3. The quantitative estimate of drug-likeness (QED) is 0.767. The molecule has 18 heavy (non-hydrogen) atoms. The number of Topliss-reactive ketones (excluding diaryl/α,β-unsaturated/α-hetero) is 1. The van der Waals surface area contributed by atoms with Gasteiger partial charge in [0.25, 0.3) is 0 Å². The standard InChI is InChI=1S/C15H22N2O/c1-11-5-4-6-14(9-11)17(3)15-8-7-13(10-16-15)12(2)18/h7-8,10-11,14H,4-6,9H2,1-3H3. The molecule has 1 aliphatic rings. The number of pyridine rings is 1. The van der Waals surface area contributed by atoms with Crippen LogP contribution < -0.4 is 4.90 Å². The summed E-state index contributed by atoms with van der Waals surface area (Å²) < 4.78 is 0. The monoisotopic (exact) mass is 246 g/mol. The van der Waals surface area contributed by atoms with Crippen molar-refractivity contribution >= 4 is 11.6 Å². The van der Waals surface area contributed by atoms with Crippen LogP contribution in [0.5, 0.6) is 0 Å². The van der Waals surface area contributed by atoms with Crippen molar-refractivity contribution in [3.63, 3.8) is 0 Å². The summed E-state index contributed by atoms with van der Waals surface area (Å²) in [4.78, 5) is 17.9. The molecule has 0 aliphatic heterocycles. The molecule has 0 saturated heterocycles. The third kappa shape index (κ3) is 2.89. The highest BCUT2D eigenvalue weighted by atomic mass is 16.1. The van der Waals surface area contributed by atoms with Crippen molar-refractivity contribution in [1.29, 1.82) is 0 Å². The first kappa shape index (κ1) is 13.1. The molecule has 0 aromatic carbocycles. The van der Waals surface area contributed by atoms with Crippen LogP contribution in [0.3, 0.4) is 0 Å². The molecule has 0 N–H and O–H groups in total. The molecule has 1 fully saturated rings. The van der Waals surface area contributed by atoms with Gasteiger partial charge in [-0.3, -0.25) is 4.79 Å². The molecule has 2 atom stereocenters.